The lowest BCUT2D eigenvalue weighted by Gasteiger charge is -2.32. The van der Waals surface area contributed by atoms with Crippen LogP contribution in [0.15, 0.2) is 24.3 Å². The van der Waals surface area contributed by atoms with E-state index in [9.17, 15) is 13.2 Å². The first-order chi connectivity index (χ1) is 10.3. The average Bonchev–Trinajstić information content (AvgIpc) is 2.44. The molecular formula is C14H20ClN3O3S. The molecule has 122 valence electrons. The predicted molar refractivity (Wildman–Crippen MR) is 86.3 cm³/mol. The molecule has 1 fully saturated rings. The number of carbonyl (C=O) groups excluding carboxylic acids is 1. The molecule has 0 radical (unpaired) electrons. The summed E-state index contributed by atoms with van der Waals surface area (Å²) >= 11 is 6.05. The Bertz CT molecular complexity index is 636. The van der Waals surface area contributed by atoms with E-state index in [0.29, 0.717) is 24.7 Å². The highest BCUT2D eigenvalue weighted by molar-refractivity contribution is 7.88. The normalized spacial score (nSPS) is 19.0. The second kappa shape index (κ2) is 7.30. The molecule has 1 atom stereocenters. The number of benzene rings is 1. The zero-order valence-corrected chi connectivity index (χ0v) is 14.0. The molecule has 0 aliphatic carbocycles. The van der Waals surface area contributed by atoms with Crippen molar-refractivity contribution in [3.63, 3.8) is 0 Å². The fraction of sp³-hybridized carbons (Fsp3) is 0.500. The van der Waals surface area contributed by atoms with Crippen molar-refractivity contribution in [2.24, 2.45) is 0 Å². The van der Waals surface area contributed by atoms with Crippen molar-refractivity contribution >= 4 is 27.7 Å². The van der Waals surface area contributed by atoms with Crippen molar-refractivity contribution in [3.8, 4) is 0 Å². The van der Waals surface area contributed by atoms with Crippen molar-refractivity contribution in [2.45, 2.75) is 25.4 Å². The Hall–Kier alpha value is -1.31. The van der Waals surface area contributed by atoms with E-state index in [1.807, 2.05) is 18.2 Å². The van der Waals surface area contributed by atoms with Crippen molar-refractivity contribution in [1.82, 2.24) is 14.9 Å². The molecule has 8 heteroatoms. The molecule has 0 spiro atoms. The van der Waals surface area contributed by atoms with E-state index in [1.165, 1.54) is 0 Å². The Morgan fingerprint density at radius 1 is 1.41 bits per heavy atom. The molecule has 1 aromatic carbocycles. The molecule has 1 saturated heterocycles. The summed E-state index contributed by atoms with van der Waals surface area (Å²) in [6, 6.07) is 6.89. The molecule has 1 heterocycles. The van der Waals surface area contributed by atoms with Crippen LogP contribution in [0.5, 0.6) is 0 Å². The lowest BCUT2D eigenvalue weighted by Crippen LogP contribution is -2.51. The summed E-state index contributed by atoms with van der Waals surface area (Å²) in [7, 11) is -3.26. The Labute approximate surface area is 135 Å². The quantitative estimate of drug-likeness (QED) is 0.869. The number of urea groups is 1. The molecule has 1 aromatic rings. The molecule has 2 N–H and O–H groups in total. The highest BCUT2D eigenvalue weighted by Crippen LogP contribution is 2.15. The van der Waals surface area contributed by atoms with Crippen molar-refractivity contribution in [1.29, 1.82) is 0 Å². The van der Waals surface area contributed by atoms with E-state index in [4.69, 9.17) is 11.6 Å². The van der Waals surface area contributed by atoms with Crippen molar-refractivity contribution < 1.29 is 13.2 Å². The first kappa shape index (κ1) is 17.1. The lowest BCUT2D eigenvalue weighted by molar-refractivity contribution is 0.177. The SMILES string of the molecule is CS(=O)(=O)NC1CCCN(C(=O)NCc2ccccc2Cl)C1. The maximum atomic E-state index is 12.2. The summed E-state index contributed by atoms with van der Waals surface area (Å²) in [5.74, 6) is 0. The highest BCUT2D eigenvalue weighted by Gasteiger charge is 2.25. The molecule has 1 unspecified atom stereocenters. The fourth-order valence-electron chi connectivity index (χ4n) is 2.48. The number of carbonyl (C=O) groups is 1. The summed E-state index contributed by atoms with van der Waals surface area (Å²) in [4.78, 5) is 13.8. The van der Waals surface area contributed by atoms with Crippen LogP contribution >= 0.6 is 11.6 Å². The number of sulfonamides is 1. The van der Waals surface area contributed by atoms with Gasteiger partial charge in [0.15, 0.2) is 0 Å². The number of amides is 2. The monoisotopic (exact) mass is 345 g/mol. The zero-order valence-electron chi connectivity index (χ0n) is 12.4. The van der Waals surface area contributed by atoms with E-state index in [-0.39, 0.29) is 12.1 Å². The molecular weight excluding hydrogens is 326 g/mol. The molecule has 2 amide bonds. The molecule has 0 bridgehead atoms. The number of piperidine rings is 1. The van der Waals surface area contributed by atoms with E-state index in [0.717, 1.165) is 24.7 Å². The van der Waals surface area contributed by atoms with Gasteiger partial charge in [-0.05, 0) is 24.5 Å². The largest absolute Gasteiger partial charge is 0.334 e. The van der Waals surface area contributed by atoms with Crippen LogP contribution in [0.1, 0.15) is 18.4 Å². The number of nitrogens with one attached hydrogen (secondary N) is 2. The minimum atomic E-state index is -3.26. The summed E-state index contributed by atoms with van der Waals surface area (Å²) in [6.45, 7) is 1.34. The molecule has 6 nitrogen and oxygen atoms in total. The first-order valence-electron chi connectivity index (χ1n) is 7.08. The highest BCUT2D eigenvalue weighted by atomic mass is 35.5. The van der Waals surface area contributed by atoms with Gasteiger partial charge in [0.05, 0.1) is 6.26 Å². The molecule has 0 saturated carbocycles. The van der Waals surface area contributed by atoms with E-state index >= 15 is 0 Å². The zero-order chi connectivity index (χ0) is 16.2. The van der Waals surface area contributed by atoms with Crippen LogP contribution < -0.4 is 10.0 Å². The lowest BCUT2D eigenvalue weighted by atomic mass is 10.1. The maximum absolute atomic E-state index is 12.2. The molecule has 0 aromatic heterocycles. The smallest absolute Gasteiger partial charge is 0.317 e. The van der Waals surface area contributed by atoms with Gasteiger partial charge in [0, 0.05) is 30.7 Å². The van der Waals surface area contributed by atoms with Crippen LogP contribution in [-0.2, 0) is 16.6 Å². The third-order valence-electron chi connectivity index (χ3n) is 3.48. The minimum Gasteiger partial charge on any atom is -0.334 e. The summed E-state index contributed by atoms with van der Waals surface area (Å²) in [5, 5.41) is 3.43. The van der Waals surface area contributed by atoms with Crippen LogP contribution in [0.4, 0.5) is 4.79 Å². The number of likely N-dealkylation sites (tertiary alicyclic amines) is 1. The van der Waals surface area contributed by atoms with E-state index < -0.39 is 10.0 Å². The molecule has 2 rings (SSSR count). The second-order valence-electron chi connectivity index (χ2n) is 5.43. The van der Waals surface area contributed by atoms with Crippen LogP contribution in [0.2, 0.25) is 5.02 Å². The number of hydrogen-bond donors (Lipinski definition) is 2. The standard InChI is InChI=1S/C14H20ClN3O3S/c1-22(20,21)17-12-6-4-8-18(10-12)14(19)16-9-11-5-2-3-7-13(11)15/h2-3,5,7,12,17H,4,6,8-10H2,1H3,(H,16,19). The van der Waals surface area contributed by atoms with Gasteiger partial charge in [-0.3, -0.25) is 0 Å². The van der Waals surface area contributed by atoms with Crippen LogP contribution in [0.25, 0.3) is 0 Å². The Kier molecular flexibility index (Phi) is 5.66. The second-order valence-corrected chi connectivity index (χ2v) is 7.61. The number of rotatable bonds is 4. The summed E-state index contributed by atoms with van der Waals surface area (Å²) in [5.41, 5.74) is 0.848. The Morgan fingerprint density at radius 2 is 2.14 bits per heavy atom. The first-order valence-corrected chi connectivity index (χ1v) is 9.35. The van der Waals surface area contributed by atoms with Gasteiger partial charge in [0.1, 0.15) is 0 Å². The third-order valence-corrected chi connectivity index (χ3v) is 4.61. The Morgan fingerprint density at radius 3 is 2.82 bits per heavy atom. The summed E-state index contributed by atoms with van der Waals surface area (Å²) in [6.07, 6.45) is 2.64. The van der Waals surface area contributed by atoms with Gasteiger partial charge in [-0.25, -0.2) is 17.9 Å². The van der Waals surface area contributed by atoms with E-state index in [1.54, 1.807) is 11.0 Å². The number of nitrogens with zero attached hydrogens (tertiary/aromatic N) is 1. The van der Waals surface area contributed by atoms with Gasteiger partial charge in [0.2, 0.25) is 10.0 Å². The van der Waals surface area contributed by atoms with Crippen LogP contribution in [-0.4, -0.2) is 44.7 Å². The van der Waals surface area contributed by atoms with Crippen LogP contribution in [0.3, 0.4) is 0 Å². The summed E-state index contributed by atoms with van der Waals surface area (Å²) < 4.78 is 25.1. The van der Waals surface area contributed by atoms with Gasteiger partial charge >= 0.3 is 6.03 Å². The minimum absolute atomic E-state index is 0.208. The predicted octanol–water partition coefficient (Wildman–Crippen LogP) is 1.56. The van der Waals surface area contributed by atoms with Gasteiger partial charge in [-0.1, -0.05) is 29.8 Å². The molecule has 22 heavy (non-hydrogen) atoms. The van der Waals surface area contributed by atoms with Gasteiger partial charge in [-0.15, -0.1) is 0 Å². The van der Waals surface area contributed by atoms with Crippen molar-refractivity contribution in [2.75, 3.05) is 19.3 Å². The Balaban J connectivity index is 1.88. The molecule has 1 aliphatic heterocycles. The number of hydrogen-bond acceptors (Lipinski definition) is 3. The van der Waals surface area contributed by atoms with Gasteiger partial charge in [0.25, 0.3) is 0 Å². The topological polar surface area (TPSA) is 78.5 Å². The third kappa shape index (κ3) is 5.15. The molecule has 1 aliphatic rings. The van der Waals surface area contributed by atoms with Crippen LogP contribution in [0, 0.1) is 0 Å². The van der Waals surface area contributed by atoms with Gasteiger partial charge in [-0.2, -0.15) is 0 Å². The maximum Gasteiger partial charge on any atom is 0.317 e. The average molecular weight is 346 g/mol. The number of halogens is 1. The van der Waals surface area contributed by atoms with E-state index in [2.05, 4.69) is 10.0 Å². The van der Waals surface area contributed by atoms with Gasteiger partial charge < -0.3 is 10.2 Å². The fourth-order valence-corrected chi connectivity index (χ4v) is 3.49. The van der Waals surface area contributed by atoms with Crippen molar-refractivity contribution in [3.05, 3.63) is 34.9 Å².